The number of hydrogen-bond donors (Lipinski definition) is 1. The molecule has 4 atom stereocenters. The molecule has 0 aromatic rings. The number of terminal acetylenes is 1. The summed E-state index contributed by atoms with van der Waals surface area (Å²) < 4.78 is 5.67. The number of carbonyl (C=O) groups excluding carboxylic acids is 1. The second-order valence-corrected chi connectivity index (χ2v) is 8.35. The number of rotatable bonds is 3. The number of nitrogens with one attached hydrogen (secondary N) is 1. The van der Waals surface area contributed by atoms with Gasteiger partial charge >= 0.3 is 6.09 Å². The summed E-state index contributed by atoms with van der Waals surface area (Å²) in [6.45, 7) is 8.65. The lowest BCUT2D eigenvalue weighted by Gasteiger charge is -2.45. The van der Waals surface area contributed by atoms with E-state index in [1.54, 1.807) is 0 Å². The molecule has 0 aromatic heterocycles. The number of nitrogens with zero attached hydrogens (tertiary/aromatic N) is 1. The molecule has 4 nitrogen and oxygen atoms in total. The maximum atomic E-state index is 12.7. The highest BCUT2D eigenvalue weighted by Gasteiger charge is 2.39. The first-order valence-corrected chi connectivity index (χ1v) is 9.53. The standard InChI is InChI=1S/C20H34N2O2/c1-6-15(2)21-17-12-8-7-11-16(17)18-13-9-10-14-22(18)19(23)24-20(3,4)5/h1,15-18,21H,7-14H2,2-5H3. The number of hydrogen-bond acceptors (Lipinski definition) is 3. The van der Waals surface area contributed by atoms with Gasteiger partial charge in [0.15, 0.2) is 0 Å². The highest BCUT2D eigenvalue weighted by atomic mass is 16.6. The molecule has 0 radical (unpaired) electrons. The first kappa shape index (κ1) is 19.1. The minimum absolute atomic E-state index is 0.0779. The topological polar surface area (TPSA) is 41.6 Å². The molecule has 1 aliphatic carbocycles. The Labute approximate surface area is 147 Å². The third kappa shape index (κ3) is 5.14. The average Bonchev–Trinajstić information content (AvgIpc) is 2.53. The van der Waals surface area contributed by atoms with Crippen LogP contribution in [-0.4, -0.2) is 41.3 Å². The lowest BCUT2D eigenvalue weighted by molar-refractivity contribution is -0.00544. The number of likely N-dealkylation sites (tertiary alicyclic amines) is 1. The van der Waals surface area contributed by atoms with Crippen molar-refractivity contribution in [2.75, 3.05) is 6.54 Å². The molecule has 1 heterocycles. The smallest absolute Gasteiger partial charge is 0.410 e. The van der Waals surface area contributed by atoms with Crippen LogP contribution in [0.3, 0.4) is 0 Å². The second-order valence-electron chi connectivity index (χ2n) is 8.35. The van der Waals surface area contributed by atoms with Crippen molar-refractivity contribution in [3.63, 3.8) is 0 Å². The van der Waals surface area contributed by atoms with Crippen molar-refractivity contribution >= 4 is 6.09 Å². The Morgan fingerprint density at radius 2 is 1.88 bits per heavy atom. The van der Waals surface area contributed by atoms with E-state index >= 15 is 0 Å². The minimum Gasteiger partial charge on any atom is -0.444 e. The maximum absolute atomic E-state index is 12.7. The van der Waals surface area contributed by atoms with Crippen molar-refractivity contribution in [1.82, 2.24) is 10.2 Å². The van der Waals surface area contributed by atoms with E-state index in [9.17, 15) is 4.79 Å². The Morgan fingerprint density at radius 3 is 2.54 bits per heavy atom. The molecule has 4 heteroatoms. The van der Waals surface area contributed by atoms with Gasteiger partial charge in [0.05, 0.1) is 6.04 Å². The van der Waals surface area contributed by atoms with E-state index in [-0.39, 0.29) is 18.2 Å². The third-order valence-corrected chi connectivity index (χ3v) is 5.20. The summed E-state index contributed by atoms with van der Waals surface area (Å²) in [6, 6.07) is 0.753. The summed E-state index contributed by atoms with van der Waals surface area (Å²) in [4.78, 5) is 14.7. The molecule has 2 aliphatic rings. The van der Waals surface area contributed by atoms with E-state index in [0.717, 1.165) is 25.8 Å². The predicted octanol–water partition coefficient (Wildman–Crippen LogP) is 3.95. The number of carbonyl (C=O) groups is 1. The maximum Gasteiger partial charge on any atom is 0.410 e. The summed E-state index contributed by atoms with van der Waals surface area (Å²) >= 11 is 0. The fourth-order valence-electron chi connectivity index (χ4n) is 4.15. The second kappa shape index (κ2) is 8.25. The summed E-state index contributed by atoms with van der Waals surface area (Å²) in [5.41, 5.74) is -0.443. The molecular weight excluding hydrogens is 300 g/mol. The zero-order valence-corrected chi connectivity index (χ0v) is 15.8. The van der Waals surface area contributed by atoms with E-state index in [1.807, 2.05) is 32.6 Å². The lowest BCUT2D eigenvalue weighted by Crippen LogP contribution is -2.55. The lowest BCUT2D eigenvalue weighted by atomic mass is 9.76. The Hall–Kier alpha value is -1.21. The van der Waals surface area contributed by atoms with Crippen molar-refractivity contribution < 1.29 is 9.53 Å². The molecule has 1 N–H and O–H groups in total. The molecule has 136 valence electrons. The summed E-state index contributed by atoms with van der Waals surface area (Å²) in [7, 11) is 0. The van der Waals surface area contributed by atoms with Gasteiger partial charge in [0.1, 0.15) is 5.60 Å². The molecule has 2 rings (SSSR count). The van der Waals surface area contributed by atoms with E-state index in [1.165, 1.54) is 25.7 Å². The first-order valence-electron chi connectivity index (χ1n) is 9.53. The Bertz CT molecular complexity index is 463. The van der Waals surface area contributed by atoms with Crippen molar-refractivity contribution in [1.29, 1.82) is 0 Å². The van der Waals surface area contributed by atoms with Gasteiger partial charge in [0.25, 0.3) is 0 Å². The molecule has 2 fully saturated rings. The zero-order chi connectivity index (χ0) is 17.7. The highest BCUT2D eigenvalue weighted by Crippen LogP contribution is 2.35. The van der Waals surface area contributed by atoms with E-state index in [4.69, 9.17) is 11.2 Å². The highest BCUT2D eigenvalue weighted by molar-refractivity contribution is 5.68. The summed E-state index contributed by atoms with van der Waals surface area (Å²) in [5, 5.41) is 3.61. The van der Waals surface area contributed by atoms with Gasteiger partial charge in [0, 0.05) is 18.6 Å². The van der Waals surface area contributed by atoms with Crippen LogP contribution >= 0.6 is 0 Å². The van der Waals surface area contributed by atoms with Gasteiger partial charge in [-0.15, -0.1) is 6.42 Å². The van der Waals surface area contributed by atoms with Gasteiger partial charge in [0.2, 0.25) is 0 Å². The van der Waals surface area contributed by atoms with Gasteiger partial charge in [-0.1, -0.05) is 18.8 Å². The van der Waals surface area contributed by atoms with Crippen LogP contribution in [0.15, 0.2) is 0 Å². The van der Waals surface area contributed by atoms with Crippen LogP contribution < -0.4 is 5.32 Å². The van der Waals surface area contributed by atoms with Crippen LogP contribution in [0.5, 0.6) is 0 Å². The monoisotopic (exact) mass is 334 g/mol. The number of ether oxygens (including phenoxy) is 1. The zero-order valence-electron chi connectivity index (χ0n) is 15.8. The molecular formula is C20H34N2O2. The third-order valence-electron chi connectivity index (χ3n) is 5.20. The van der Waals surface area contributed by atoms with Gasteiger partial charge in [-0.05, 0) is 65.7 Å². The normalized spacial score (nSPS) is 29.6. The molecule has 4 unspecified atom stereocenters. The van der Waals surface area contributed by atoms with Crippen LogP contribution in [-0.2, 0) is 4.74 Å². The fraction of sp³-hybridized carbons (Fsp3) is 0.850. The van der Waals surface area contributed by atoms with Crippen molar-refractivity contribution in [3.05, 3.63) is 0 Å². The van der Waals surface area contributed by atoms with E-state index < -0.39 is 5.60 Å². The Balaban J connectivity index is 2.12. The van der Waals surface area contributed by atoms with Crippen LogP contribution in [0.4, 0.5) is 4.79 Å². The Kier molecular flexibility index (Phi) is 6.57. The van der Waals surface area contributed by atoms with E-state index in [2.05, 4.69) is 11.2 Å². The minimum atomic E-state index is -0.443. The van der Waals surface area contributed by atoms with Crippen molar-refractivity contribution in [2.45, 2.75) is 96.4 Å². The Morgan fingerprint density at radius 1 is 1.21 bits per heavy atom. The van der Waals surface area contributed by atoms with Crippen LogP contribution in [0.2, 0.25) is 0 Å². The first-order chi connectivity index (χ1) is 11.3. The fourth-order valence-corrected chi connectivity index (χ4v) is 4.15. The van der Waals surface area contributed by atoms with Gasteiger partial charge in [-0.3, -0.25) is 0 Å². The van der Waals surface area contributed by atoms with Crippen molar-refractivity contribution in [3.8, 4) is 12.3 Å². The SMILES string of the molecule is C#CC(C)NC1CCCCC1C1CCCCN1C(=O)OC(C)(C)C. The molecule has 1 aliphatic heterocycles. The van der Waals surface area contributed by atoms with E-state index in [0.29, 0.717) is 12.0 Å². The van der Waals surface area contributed by atoms with Gasteiger partial charge in [-0.25, -0.2) is 4.79 Å². The molecule has 1 amide bonds. The molecule has 24 heavy (non-hydrogen) atoms. The molecule has 0 aromatic carbocycles. The number of amides is 1. The molecule has 1 saturated carbocycles. The van der Waals surface area contributed by atoms with Gasteiger partial charge in [-0.2, -0.15) is 0 Å². The average molecular weight is 335 g/mol. The quantitative estimate of drug-likeness (QED) is 0.795. The van der Waals surface area contributed by atoms with Gasteiger partial charge < -0.3 is 15.0 Å². The molecule has 1 saturated heterocycles. The molecule has 0 bridgehead atoms. The summed E-state index contributed by atoms with van der Waals surface area (Å²) in [5.74, 6) is 3.26. The van der Waals surface area contributed by atoms with Crippen LogP contribution in [0.25, 0.3) is 0 Å². The predicted molar refractivity (Wildman–Crippen MR) is 97.8 cm³/mol. The van der Waals surface area contributed by atoms with Crippen LogP contribution in [0.1, 0.15) is 72.6 Å². The number of piperidine rings is 1. The van der Waals surface area contributed by atoms with Crippen molar-refractivity contribution in [2.24, 2.45) is 5.92 Å². The summed E-state index contributed by atoms with van der Waals surface area (Å²) in [6.07, 6.45) is 13.5. The van der Waals surface area contributed by atoms with Crippen LogP contribution in [0, 0.1) is 18.3 Å². The molecule has 0 spiro atoms. The largest absolute Gasteiger partial charge is 0.444 e.